The van der Waals surface area contributed by atoms with Crippen LogP contribution >= 0.6 is 23.2 Å². The van der Waals surface area contributed by atoms with Gasteiger partial charge in [0.1, 0.15) is 0 Å². The second-order valence-electron chi connectivity index (χ2n) is 6.26. The number of fused-ring (bicyclic) bond motifs is 2. The van der Waals surface area contributed by atoms with E-state index in [1.54, 1.807) is 13.2 Å². The molecule has 2 saturated heterocycles. The number of carbonyl (C=O) groups is 1. The van der Waals surface area contributed by atoms with Crippen LogP contribution in [-0.4, -0.2) is 36.1 Å². The fraction of sp³-hybridized carbons (Fsp3) is 0.588. The van der Waals surface area contributed by atoms with E-state index in [0.717, 1.165) is 31.2 Å². The molecule has 1 aromatic carbocycles. The fourth-order valence-electron chi connectivity index (χ4n) is 3.80. The molecule has 2 heterocycles. The van der Waals surface area contributed by atoms with Crippen LogP contribution in [0.1, 0.15) is 37.7 Å². The molecule has 5 heteroatoms. The molecule has 2 atom stereocenters. The molecule has 0 radical (unpaired) electrons. The second-order valence-corrected chi connectivity index (χ2v) is 7.08. The molecule has 0 aliphatic carbocycles. The van der Waals surface area contributed by atoms with Gasteiger partial charge in [0.15, 0.2) is 0 Å². The Kier molecular flexibility index (Phi) is 4.96. The van der Waals surface area contributed by atoms with Crippen LogP contribution in [0.15, 0.2) is 18.2 Å². The van der Waals surface area contributed by atoms with Gasteiger partial charge in [-0.3, -0.25) is 4.79 Å². The number of aryl methyl sites for hydroxylation is 1. The summed E-state index contributed by atoms with van der Waals surface area (Å²) in [6.07, 6.45) is 5.74. The molecule has 1 aromatic rings. The maximum absolute atomic E-state index is 12.6. The number of halogens is 2. The normalized spacial score (nSPS) is 27.2. The van der Waals surface area contributed by atoms with Gasteiger partial charge in [-0.1, -0.05) is 29.3 Å². The SMILES string of the molecule is COC1CC2CCC(C1)N2C(=O)CCc1ccc(Cl)c(Cl)c1. The van der Waals surface area contributed by atoms with E-state index >= 15 is 0 Å². The summed E-state index contributed by atoms with van der Waals surface area (Å²) in [5.41, 5.74) is 1.06. The van der Waals surface area contributed by atoms with Gasteiger partial charge < -0.3 is 9.64 Å². The lowest BCUT2D eigenvalue weighted by Crippen LogP contribution is -2.48. The summed E-state index contributed by atoms with van der Waals surface area (Å²) in [4.78, 5) is 14.7. The summed E-state index contributed by atoms with van der Waals surface area (Å²) in [7, 11) is 1.77. The van der Waals surface area contributed by atoms with E-state index in [9.17, 15) is 4.79 Å². The van der Waals surface area contributed by atoms with E-state index in [4.69, 9.17) is 27.9 Å². The smallest absolute Gasteiger partial charge is 0.223 e. The molecule has 0 aromatic heterocycles. The van der Waals surface area contributed by atoms with Gasteiger partial charge >= 0.3 is 0 Å². The van der Waals surface area contributed by atoms with Crippen LogP contribution in [0.3, 0.4) is 0 Å². The highest BCUT2D eigenvalue weighted by molar-refractivity contribution is 6.42. The molecule has 2 unspecified atom stereocenters. The van der Waals surface area contributed by atoms with E-state index in [1.807, 2.05) is 12.1 Å². The van der Waals surface area contributed by atoms with Crippen molar-refractivity contribution in [2.24, 2.45) is 0 Å². The standard InChI is InChI=1S/C17H21Cl2NO2/c1-22-14-9-12-4-5-13(10-14)20(12)17(21)7-3-11-2-6-15(18)16(19)8-11/h2,6,8,12-14H,3-5,7,9-10H2,1H3. The van der Waals surface area contributed by atoms with Crippen LogP contribution in [-0.2, 0) is 16.0 Å². The first-order valence-corrected chi connectivity index (χ1v) is 8.62. The summed E-state index contributed by atoms with van der Waals surface area (Å²) in [5.74, 6) is 0.258. The lowest BCUT2D eigenvalue weighted by Gasteiger charge is -2.38. The van der Waals surface area contributed by atoms with Crippen molar-refractivity contribution in [3.05, 3.63) is 33.8 Å². The molecule has 22 heavy (non-hydrogen) atoms. The Morgan fingerprint density at radius 1 is 1.23 bits per heavy atom. The number of rotatable bonds is 4. The van der Waals surface area contributed by atoms with Crippen molar-refractivity contribution in [2.75, 3.05) is 7.11 Å². The number of ether oxygens (including phenoxy) is 1. The Balaban J connectivity index is 1.59. The molecule has 120 valence electrons. The maximum atomic E-state index is 12.6. The maximum Gasteiger partial charge on any atom is 0.223 e. The Bertz CT molecular complexity index is 550. The Labute approximate surface area is 141 Å². The molecule has 1 amide bonds. The van der Waals surface area contributed by atoms with Gasteiger partial charge in [-0.25, -0.2) is 0 Å². The van der Waals surface area contributed by atoms with Gasteiger partial charge in [-0.2, -0.15) is 0 Å². The van der Waals surface area contributed by atoms with Crippen LogP contribution in [0.25, 0.3) is 0 Å². The second kappa shape index (κ2) is 6.77. The minimum atomic E-state index is 0.258. The highest BCUT2D eigenvalue weighted by atomic mass is 35.5. The minimum Gasteiger partial charge on any atom is -0.381 e. The highest BCUT2D eigenvalue weighted by Crippen LogP contribution is 2.37. The third-order valence-electron chi connectivity index (χ3n) is 4.92. The summed E-state index contributed by atoms with van der Waals surface area (Å²) >= 11 is 11.9. The van der Waals surface area contributed by atoms with Crippen LogP contribution in [0.5, 0.6) is 0 Å². The number of amides is 1. The minimum absolute atomic E-state index is 0.258. The summed E-state index contributed by atoms with van der Waals surface area (Å²) in [6, 6.07) is 6.31. The van der Waals surface area contributed by atoms with Crippen molar-refractivity contribution in [3.63, 3.8) is 0 Å². The third kappa shape index (κ3) is 3.27. The Morgan fingerprint density at radius 3 is 2.50 bits per heavy atom. The fourth-order valence-corrected chi connectivity index (χ4v) is 4.12. The van der Waals surface area contributed by atoms with E-state index < -0.39 is 0 Å². The van der Waals surface area contributed by atoms with Gasteiger partial charge in [0.25, 0.3) is 0 Å². The first-order chi connectivity index (χ1) is 10.6. The van der Waals surface area contributed by atoms with E-state index in [0.29, 0.717) is 41.1 Å². The van der Waals surface area contributed by atoms with Crippen molar-refractivity contribution in [2.45, 2.75) is 56.7 Å². The molecular weight excluding hydrogens is 321 g/mol. The highest BCUT2D eigenvalue weighted by Gasteiger charge is 2.42. The first-order valence-electron chi connectivity index (χ1n) is 7.86. The number of carbonyl (C=O) groups excluding carboxylic acids is 1. The molecule has 3 nitrogen and oxygen atoms in total. The largest absolute Gasteiger partial charge is 0.381 e. The number of methoxy groups -OCH3 is 1. The summed E-state index contributed by atoms with van der Waals surface area (Å²) in [6.45, 7) is 0. The Morgan fingerprint density at radius 2 is 1.91 bits per heavy atom. The van der Waals surface area contributed by atoms with Crippen molar-refractivity contribution in [1.29, 1.82) is 0 Å². The monoisotopic (exact) mass is 341 g/mol. The zero-order chi connectivity index (χ0) is 15.7. The van der Waals surface area contributed by atoms with Crippen molar-refractivity contribution >= 4 is 29.1 Å². The van der Waals surface area contributed by atoms with E-state index in [1.165, 1.54) is 0 Å². The number of benzene rings is 1. The lowest BCUT2D eigenvalue weighted by molar-refractivity contribution is -0.137. The van der Waals surface area contributed by atoms with Crippen LogP contribution in [0.4, 0.5) is 0 Å². The number of piperidine rings is 1. The lowest BCUT2D eigenvalue weighted by atomic mass is 9.98. The van der Waals surface area contributed by atoms with Gasteiger partial charge in [0.2, 0.25) is 5.91 Å². The molecule has 0 spiro atoms. The van der Waals surface area contributed by atoms with Crippen LogP contribution < -0.4 is 0 Å². The Hall–Kier alpha value is -0.770. The molecular formula is C17H21Cl2NO2. The zero-order valence-corrected chi connectivity index (χ0v) is 14.2. The van der Waals surface area contributed by atoms with Crippen molar-refractivity contribution in [1.82, 2.24) is 4.90 Å². The van der Waals surface area contributed by atoms with Gasteiger partial charge in [0.05, 0.1) is 16.1 Å². The van der Waals surface area contributed by atoms with Gasteiger partial charge in [0, 0.05) is 25.6 Å². The average molecular weight is 342 g/mol. The first kappa shape index (κ1) is 16.1. The molecule has 0 N–H and O–H groups in total. The van der Waals surface area contributed by atoms with Gasteiger partial charge in [-0.15, -0.1) is 0 Å². The van der Waals surface area contributed by atoms with Crippen LogP contribution in [0.2, 0.25) is 10.0 Å². The van der Waals surface area contributed by atoms with E-state index in [2.05, 4.69) is 4.90 Å². The number of hydrogen-bond donors (Lipinski definition) is 0. The number of hydrogen-bond acceptors (Lipinski definition) is 2. The zero-order valence-electron chi connectivity index (χ0n) is 12.7. The molecule has 2 fully saturated rings. The number of nitrogens with zero attached hydrogens (tertiary/aromatic N) is 1. The molecule has 3 rings (SSSR count). The molecule has 2 aliphatic heterocycles. The molecule has 0 saturated carbocycles. The molecule has 2 aliphatic rings. The summed E-state index contributed by atoms with van der Waals surface area (Å²) in [5, 5.41) is 1.10. The topological polar surface area (TPSA) is 29.5 Å². The van der Waals surface area contributed by atoms with Crippen LogP contribution in [0, 0.1) is 0 Å². The molecule has 2 bridgehead atoms. The predicted molar refractivity (Wildman–Crippen MR) is 88.5 cm³/mol. The summed E-state index contributed by atoms with van der Waals surface area (Å²) < 4.78 is 5.49. The average Bonchev–Trinajstić information content (AvgIpc) is 2.78. The van der Waals surface area contributed by atoms with Gasteiger partial charge in [-0.05, 0) is 49.8 Å². The third-order valence-corrected chi connectivity index (χ3v) is 5.66. The van der Waals surface area contributed by atoms with E-state index in [-0.39, 0.29) is 5.91 Å². The quantitative estimate of drug-likeness (QED) is 0.825. The predicted octanol–water partition coefficient (Wildman–Crippen LogP) is 4.09. The van der Waals surface area contributed by atoms with Crippen molar-refractivity contribution < 1.29 is 9.53 Å². The van der Waals surface area contributed by atoms with Crippen molar-refractivity contribution in [3.8, 4) is 0 Å².